The van der Waals surface area contributed by atoms with E-state index < -0.39 is 17.9 Å². The monoisotopic (exact) mass is 570 g/mol. The van der Waals surface area contributed by atoms with Gasteiger partial charge in [-0.1, -0.05) is 29.3 Å². The third-order valence-electron chi connectivity index (χ3n) is 6.05. The number of aromatic nitrogens is 2. The summed E-state index contributed by atoms with van der Waals surface area (Å²) in [4.78, 5) is 41.5. The minimum atomic E-state index is -0.568. The van der Waals surface area contributed by atoms with Crippen molar-refractivity contribution in [1.82, 2.24) is 25.3 Å². The van der Waals surface area contributed by atoms with Crippen LogP contribution in [0, 0.1) is 0 Å². The Morgan fingerprint density at radius 3 is 2.47 bits per heavy atom. The highest BCUT2D eigenvalue weighted by molar-refractivity contribution is 6.40. The van der Waals surface area contributed by atoms with Gasteiger partial charge in [-0.3, -0.25) is 19.6 Å². The Morgan fingerprint density at radius 2 is 1.82 bits per heavy atom. The molecule has 1 aromatic heterocycles. The van der Waals surface area contributed by atoms with Gasteiger partial charge in [0.05, 0.1) is 40.7 Å². The van der Waals surface area contributed by atoms with Crippen LogP contribution in [-0.4, -0.2) is 109 Å². The molecule has 2 heterocycles. The maximum absolute atomic E-state index is 12.9. The average Bonchev–Trinajstić information content (AvgIpc) is 3.35. The fourth-order valence-corrected chi connectivity index (χ4v) is 4.54. The van der Waals surface area contributed by atoms with E-state index in [2.05, 4.69) is 20.8 Å². The zero-order valence-corrected chi connectivity index (χ0v) is 22.6. The smallest absolute Gasteiger partial charge is 0.409 e. The van der Waals surface area contributed by atoms with Gasteiger partial charge in [0, 0.05) is 45.9 Å². The molecule has 0 bridgehead atoms. The van der Waals surface area contributed by atoms with Crippen LogP contribution in [0.5, 0.6) is 0 Å². The molecule has 1 aliphatic heterocycles. The number of aromatic amines is 1. The van der Waals surface area contributed by atoms with Crippen LogP contribution in [0.3, 0.4) is 0 Å². The summed E-state index contributed by atoms with van der Waals surface area (Å²) in [5.74, 6) is -1.01. The van der Waals surface area contributed by atoms with Gasteiger partial charge in [-0.05, 0) is 25.0 Å². The first kappa shape index (κ1) is 29.7. The van der Waals surface area contributed by atoms with Gasteiger partial charge in [0.25, 0.3) is 11.8 Å². The van der Waals surface area contributed by atoms with Gasteiger partial charge < -0.3 is 30.1 Å². The number of carbonyl (C=O) groups is 3. The van der Waals surface area contributed by atoms with Crippen molar-refractivity contribution < 1.29 is 29.0 Å². The molecule has 1 saturated heterocycles. The third-order valence-corrected chi connectivity index (χ3v) is 6.68. The van der Waals surface area contributed by atoms with Gasteiger partial charge in [-0.25, -0.2) is 4.79 Å². The normalized spacial score (nSPS) is 14.0. The molecular formula is C24H32Cl2N6O6. The van der Waals surface area contributed by atoms with E-state index in [0.29, 0.717) is 52.2 Å². The molecule has 1 aliphatic rings. The van der Waals surface area contributed by atoms with Gasteiger partial charge in [0.2, 0.25) is 0 Å². The number of aliphatic hydroxyl groups is 1. The van der Waals surface area contributed by atoms with E-state index in [1.165, 1.54) is 6.20 Å². The number of nitrogens with zero attached hydrogens (tertiary/aromatic N) is 3. The first-order valence-corrected chi connectivity index (χ1v) is 12.9. The van der Waals surface area contributed by atoms with E-state index in [1.54, 1.807) is 30.2 Å². The number of benzene rings is 1. The van der Waals surface area contributed by atoms with Crippen LogP contribution in [0.15, 0.2) is 24.4 Å². The maximum atomic E-state index is 12.9. The Labute approximate surface area is 230 Å². The van der Waals surface area contributed by atoms with Crippen molar-refractivity contribution in [3.63, 3.8) is 0 Å². The number of carbonyl (C=O) groups excluding carboxylic acids is 3. The van der Waals surface area contributed by atoms with Crippen LogP contribution in [0.4, 0.5) is 10.5 Å². The zero-order valence-electron chi connectivity index (χ0n) is 21.0. The number of piperidine rings is 1. The highest BCUT2D eigenvalue weighted by atomic mass is 35.5. The van der Waals surface area contributed by atoms with Crippen LogP contribution in [0.1, 0.15) is 33.7 Å². The molecule has 1 fully saturated rings. The summed E-state index contributed by atoms with van der Waals surface area (Å²) in [7, 11) is 1.60. The van der Waals surface area contributed by atoms with E-state index in [-0.39, 0.29) is 46.2 Å². The quantitative estimate of drug-likeness (QED) is 0.303. The molecule has 3 rings (SSSR count). The van der Waals surface area contributed by atoms with Gasteiger partial charge in [0.1, 0.15) is 12.3 Å². The third kappa shape index (κ3) is 8.30. The van der Waals surface area contributed by atoms with E-state index in [1.807, 2.05) is 4.90 Å². The van der Waals surface area contributed by atoms with Gasteiger partial charge in [-0.2, -0.15) is 5.10 Å². The highest BCUT2D eigenvalue weighted by Crippen LogP contribution is 2.26. The second-order valence-electron chi connectivity index (χ2n) is 8.62. The highest BCUT2D eigenvalue weighted by Gasteiger charge is 2.27. The molecule has 14 heteroatoms. The number of H-pyrrole nitrogens is 1. The predicted octanol–water partition coefficient (Wildman–Crippen LogP) is 2.24. The van der Waals surface area contributed by atoms with E-state index in [0.717, 1.165) is 0 Å². The predicted molar refractivity (Wildman–Crippen MR) is 142 cm³/mol. The van der Waals surface area contributed by atoms with Gasteiger partial charge in [-0.15, -0.1) is 0 Å². The number of methoxy groups -OCH3 is 1. The standard InChI is InChI=1S/C24H32Cl2N6O6/c1-37-13-10-31(9-12-33)11-14-38-24(36)32-7-5-16(6-8-32)28-23(35)21-19(15-27-30-21)29-22(34)20-17(25)3-2-4-18(20)26/h2-4,15-16,33H,5-14H2,1H3,(H,27,30)(H,28,35)(H,29,34). The van der Waals surface area contributed by atoms with Crippen molar-refractivity contribution in [3.8, 4) is 0 Å². The number of likely N-dealkylation sites (tertiary alicyclic amines) is 1. The van der Waals surface area contributed by atoms with Crippen LogP contribution >= 0.6 is 23.2 Å². The van der Waals surface area contributed by atoms with E-state index in [4.69, 9.17) is 37.8 Å². The number of nitrogens with one attached hydrogen (secondary N) is 3. The van der Waals surface area contributed by atoms with E-state index in [9.17, 15) is 14.4 Å². The number of rotatable bonds is 12. The molecule has 4 N–H and O–H groups in total. The maximum Gasteiger partial charge on any atom is 0.409 e. The van der Waals surface area contributed by atoms with Crippen molar-refractivity contribution in [2.75, 3.05) is 65.0 Å². The van der Waals surface area contributed by atoms with Crippen molar-refractivity contribution >= 4 is 46.8 Å². The summed E-state index contributed by atoms with van der Waals surface area (Å²) >= 11 is 12.2. The Morgan fingerprint density at radius 1 is 1.13 bits per heavy atom. The Bertz CT molecular complexity index is 1070. The lowest BCUT2D eigenvalue weighted by Crippen LogP contribution is -2.47. The number of hydrogen-bond donors (Lipinski definition) is 4. The molecule has 1 aromatic carbocycles. The van der Waals surface area contributed by atoms with Crippen LogP contribution in [-0.2, 0) is 9.47 Å². The number of ether oxygens (including phenoxy) is 2. The number of amides is 3. The number of aliphatic hydroxyl groups excluding tert-OH is 1. The lowest BCUT2D eigenvalue weighted by molar-refractivity contribution is 0.0703. The molecule has 2 aromatic rings. The Balaban J connectivity index is 1.45. The fraction of sp³-hybridized carbons (Fsp3) is 0.500. The molecule has 38 heavy (non-hydrogen) atoms. The summed E-state index contributed by atoms with van der Waals surface area (Å²) in [6, 6.07) is 4.54. The summed E-state index contributed by atoms with van der Waals surface area (Å²) < 4.78 is 10.4. The van der Waals surface area contributed by atoms with Crippen LogP contribution in [0.25, 0.3) is 0 Å². The molecule has 3 amide bonds. The van der Waals surface area contributed by atoms with E-state index >= 15 is 0 Å². The lowest BCUT2D eigenvalue weighted by atomic mass is 10.1. The van der Waals surface area contributed by atoms with Crippen molar-refractivity contribution in [1.29, 1.82) is 0 Å². The van der Waals surface area contributed by atoms with Crippen LogP contribution in [0.2, 0.25) is 10.0 Å². The molecule has 208 valence electrons. The van der Waals surface area contributed by atoms with Crippen molar-refractivity contribution in [3.05, 3.63) is 45.7 Å². The summed E-state index contributed by atoms with van der Waals surface area (Å²) in [5, 5.41) is 21.5. The average molecular weight is 571 g/mol. The number of hydrogen-bond acceptors (Lipinski definition) is 8. The Kier molecular flexibility index (Phi) is 11.6. The number of anilines is 1. The number of halogens is 2. The fourth-order valence-electron chi connectivity index (χ4n) is 3.97. The molecular weight excluding hydrogens is 539 g/mol. The minimum absolute atomic E-state index is 0.0129. The summed E-state index contributed by atoms with van der Waals surface area (Å²) in [6.45, 7) is 3.18. The topological polar surface area (TPSA) is 149 Å². The first-order valence-electron chi connectivity index (χ1n) is 12.2. The molecule has 0 aliphatic carbocycles. The van der Waals surface area contributed by atoms with Gasteiger partial charge >= 0.3 is 6.09 Å². The molecule has 12 nitrogen and oxygen atoms in total. The summed E-state index contributed by atoms with van der Waals surface area (Å²) in [6.07, 6.45) is 1.99. The summed E-state index contributed by atoms with van der Waals surface area (Å²) in [5.41, 5.74) is 0.369. The molecule has 0 saturated carbocycles. The minimum Gasteiger partial charge on any atom is -0.448 e. The van der Waals surface area contributed by atoms with Crippen molar-refractivity contribution in [2.45, 2.75) is 18.9 Å². The Hall–Kier alpha value is -2.90. The zero-order chi connectivity index (χ0) is 27.5. The molecule has 0 radical (unpaired) electrons. The largest absolute Gasteiger partial charge is 0.448 e. The SMILES string of the molecule is COCCN(CCO)CCOC(=O)N1CCC(NC(=O)c2[nH]ncc2NC(=O)c2c(Cl)cccc2Cl)CC1. The second-order valence-corrected chi connectivity index (χ2v) is 9.43. The van der Waals surface area contributed by atoms with Gasteiger partial charge in [0.15, 0.2) is 0 Å². The lowest BCUT2D eigenvalue weighted by Gasteiger charge is -2.32. The van der Waals surface area contributed by atoms with Crippen LogP contribution < -0.4 is 10.6 Å². The van der Waals surface area contributed by atoms with Crippen molar-refractivity contribution in [2.24, 2.45) is 0 Å². The molecule has 0 atom stereocenters. The second kappa shape index (κ2) is 14.9. The molecule has 0 spiro atoms. The first-order chi connectivity index (χ1) is 18.3. The molecule has 0 unspecified atom stereocenters.